The summed E-state index contributed by atoms with van der Waals surface area (Å²) in [5.74, 6) is 0.886. The second kappa shape index (κ2) is 6.99. The number of hydrogen-bond donors (Lipinski definition) is 3. The number of nitrogens with zero attached hydrogens (tertiary/aromatic N) is 1. The smallest absolute Gasteiger partial charge is 0.263 e. The summed E-state index contributed by atoms with van der Waals surface area (Å²) in [6.07, 6.45) is 1.25. The summed E-state index contributed by atoms with van der Waals surface area (Å²) in [4.78, 5) is 14.3. The van der Waals surface area contributed by atoms with Gasteiger partial charge >= 0.3 is 0 Å². The minimum absolute atomic E-state index is 0.0434. The first kappa shape index (κ1) is 18.5. The number of likely N-dealkylation sites (N-methyl/N-ethyl adjacent to an activating group) is 1. The van der Waals surface area contributed by atoms with Gasteiger partial charge in [-0.05, 0) is 57.9 Å². The molecule has 1 aromatic carbocycles. The quantitative estimate of drug-likeness (QED) is 0.708. The molecule has 1 aliphatic heterocycles. The molecule has 1 aliphatic rings. The van der Waals surface area contributed by atoms with Crippen LogP contribution in [0.3, 0.4) is 0 Å². The molecule has 0 spiro atoms. The van der Waals surface area contributed by atoms with Crippen molar-refractivity contribution in [1.82, 2.24) is 10.2 Å². The number of amides is 1. The maximum Gasteiger partial charge on any atom is 0.263 e. The predicted molar refractivity (Wildman–Crippen MR) is 92.4 cm³/mol. The first-order valence-electron chi connectivity index (χ1n) is 8.29. The third-order valence-corrected chi connectivity index (χ3v) is 5.02. The number of rotatable bonds is 5. The number of carbonyl (C=O) groups excluding carboxylic acids is 1. The highest BCUT2D eigenvalue weighted by atomic mass is 16.5. The minimum Gasteiger partial charge on any atom is -0.507 e. The monoisotopic (exact) mass is 336 g/mol. The molecule has 6 nitrogen and oxygen atoms in total. The SMILES string of the molecule is Cc1c(C)c2c(c(C)c1O)CCC(C)(C(=O)NCCN(C)CO)O2. The van der Waals surface area contributed by atoms with Crippen molar-refractivity contribution in [1.29, 1.82) is 0 Å². The average Bonchev–Trinajstić information content (AvgIpc) is 2.57. The van der Waals surface area contributed by atoms with Crippen LogP contribution in [0.15, 0.2) is 0 Å². The summed E-state index contributed by atoms with van der Waals surface area (Å²) < 4.78 is 6.13. The van der Waals surface area contributed by atoms with E-state index in [0.29, 0.717) is 31.7 Å². The van der Waals surface area contributed by atoms with Gasteiger partial charge in [-0.1, -0.05) is 0 Å². The molecule has 0 bridgehead atoms. The van der Waals surface area contributed by atoms with Crippen molar-refractivity contribution in [3.8, 4) is 11.5 Å². The third-order valence-electron chi connectivity index (χ3n) is 5.02. The van der Waals surface area contributed by atoms with E-state index >= 15 is 0 Å². The van der Waals surface area contributed by atoms with Crippen LogP contribution in [0.4, 0.5) is 0 Å². The summed E-state index contributed by atoms with van der Waals surface area (Å²) in [5, 5.41) is 22.1. The zero-order valence-electron chi connectivity index (χ0n) is 15.2. The molecule has 0 aliphatic carbocycles. The molecule has 1 atom stereocenters. The lowest BCUT2D eigenvalue weighted by Crippen LogP contribution is -2.52. The highest BCUT2D eigenvalue weighted by molar-refractivity contribution is 5.85. The third kappa shape index (κ3) is 3.35. The van der Waals surface area contributed by atoms with Crippen LogP contribution >= 0.6 is 0 Å². The zero-order chi connectivity index (χ0) is 18.1. The van der Waals surface area contributed by atoms with Crippen LogP contribution in [0, 0.1) is 20.8 Å². The Morgan fingerprint density at radius 3 is 2.58 bits per heavy atom. The van der Waals surface area contributed by atoms with Gasteiger partial charge in [-0.3, -0.25) is 9.69 Å². The van der Waals surface area contributed by atoms with Gasteiger partial charge in [-0.25, -0.2) is 0 Å². The van der Waals surface area contributed by atoms with Crippen molar-refractivity contribution in [2.24, 2.45) is 0 Å². The molecular formula is C18H28N2O4. The number of nitrogens with one attached hydrogen (secondary N) is 1. The summed E-state index contributed by atoms with van der Waals surface area (Å²) in [7, 11) is 1.78. The van der Waals surface area contributed by atoms with Crippen molar-refractivity contribution in [2.45, 2.75) is 46.1 Å². The number of aliphatic hydroxyl groups excluding tert-OH is 1. The molecule has 0 fully saturated rings. The second-order valence-corrected chi connectivity index (χ2v) is 6.84. The number of fused-ring (bicyclic) bond motifs is 1. The molecule has 1 unspecified atom stereocenters. The van der Waals surface area contributed by atoms with Gasteiger partial charge in [0.25, 0.3) is 5.91 Å². The van der Waals surface area contributed by atoms with Gasteiger partial charge in [0.2, 0.25) is 0 Å². The number of phenolic OH excluding ortho intramolecular Hbond substituents is 1. The fourth-order valence-corrected chi connectivity index (χ4v) is 3.03. The Morgan fingerprint density at radius 2 is 1.96 bits per heavy atom. The number of aromatic hydroxyl groups is 1. The molecule has 0 radical (unpaired) electrons. The van der Waals surface area contributed by atoms with Gasteiger partial charge in [0.1, 0.15) is 11.5 Å². The van der Waals surface area contributed by atoms with E-state index in [2.05, 4.69) is 5.32 Å². The molecule has 134 valence electrons. The van der Waals surface area contributed by atoms with E-state index < -0.39 is 5.60 Å². The Labute approximate surface area is 143 Å². The van der Waals surface area contributed by atoms with Gasteiger partial charge in [0, 0.05) is 25.1 Å². The van der Waals surface area contributed by atoms with Crippen LogP contribution in [-0.4, -0.2) is 53.5 Å². The molecule has 1 amide bonds. The van der Waals surface area contributed by atoms with E-state index in [1.165, 1.54) is 0 Å². The molecular weight excluding hydrogens is 308 g/mol. The van der Waals surface area contributed by atoms with Crippen molar-refractivity contribution in [2.75, 3.05) is 26.9 Å². The molecule has 0 saturated carbocycles. The lowest BCUT2D eigenvalue weighted by molar-refractivity contribution is -0.137. The standard InChI is InChI=1S/C18H28N2O4/c1-11-12(2)16-14(13(3)15(11)22)6-7-18(4,24-16)17(23)19-8-9-20(5)10-21/h21-22H,6-10H2,1-5H3,(H,19,23). The highest BCUT2D eigenvalue weighted by Crippen LogP contribution is 2.43. The summed E-state index contributed by atoms with van der Waals surface area (Å²) in [5.41, 5.74) is 2.57. The number of hydrogen-bond acceptors (Lipinski definition) is 5. The Hall–Kier alpha value is -1.79. The second-order valence-electron chi connectivity index (χ2n) is 6.84. The van der Waals surface area contributed by atoms with Gasteiger partial charge in [0.05, 0.1) is 6.73 Å². The van der Waals surface area contributed by atoms with Crippen molar-refractivity contribution < 1.29 is 19.7 Å². The summed E-state index contributed by atoms with van der Waals surface area (Å²) >= 11 is 0. The molecule has 0 saturated heterocycles. The van der Waals surface area contributed by atoms with Crippen LogP contribution in [0.1, 0.15) is 35.6 Å². The van der Waals surface area contributed by atoms with Gasteiger partial charge in [-0.2, -0.15) is 0 Å². The fraction of sp³-hybridized carbons (Fsp3) is 0.611. The maximum atomic E-state index is 12.6. The number of aliphatic hydroxyl groups is 1. The van der Waals surface area contributed by atoms with Crippen molar-refractivity contribution in [3.63, 3.8) is 0 Å². The lowest BCUT2D eigenvalue weighted by atomic mass is 9.86. The fourth-order valence-electron chi connectivity index (χ4n) is 3.03. The first-order chi connectivity index (χ1) is 11.2. The minimum atomic E-state index is -0.925. The molecule has 0 aromatic heterocycles. The molecule has 1 aromatic rings. The van der Waals surface area contributed by atoms with Gasteiger partial charge in [0.15, 0.2) is 5.60 Å². The van der Waals surface area contributed by atoms with Crippen LogP contribution in [0.2, 0.25) is 0 Å². The zero-order valence-corrected chi connectivity index (χ0v) is 15.2. The van der Waals surface area contributed by atoms with E-state index in [0.717, 1.165) is 28.0 Å². The Kier molecular flexibility index (Phi) is 5.40. The normalized spacial score (nSPS) is 19.8. The average molecular weight is 336 g/mol. The number of benzene rings is 1. The Balaban J connectivity index is 2.17. The predicted octanol–water partition coefficient (Wildman–Crippen LogP) is 1.40. The number of phenols is 1. The van der Waals surface area contributed by atoms with Crippen LogP contribution in [0.5, 0.6) is 11.5 Å². The van der Waals surface area contributed by atoms with E-state index in [1.54, 1.807) is 18.9 Å². The molecule has 6 heteroatoms. The van der Waals surface area contributed by atoms with Crippen molar-refractivity contribution in [3.05, 3.63) is 22.3 Å². The van der Waals surface area contributed by atoms with E-state index in [-0.39, 0.29) is 12.6 Å². The maximum absolute atomic E-state index is 12.6. The summed E-state index contributed by atoms with van der Waals surface area (Å²) in [6, 6.07) is 0. The van der Waals surface area contributed by atoms with Crippen LogP contribution in [-0.2, 0) is 11.2 Å². The van der Waals surface area contributed by atoms with Crippen molar-refractivity contribution >= 4 is 5.91 Å². The highest BCUT2D eigenvalue weighted by Gasteiger charge is 2.40. The topological polar surface area (TPSA) is 82.0 Å². The van der Waals surface area contributed by atoms with Gasteiger partial charge < -0.3 is 20.3 Å². The molecule has 3 N–H and O–H groups in total. The van der Waals surface area contributed by atoms with Crippen LogP contribution in [0.25, 0.3) is 0 Å². The lowest BCUT2D eigenvalue weighted by Gasteiger charge is -2.36. The number of ether oxygens (including phenoxy) is 1. The first-order valence-corrected chi connectivity index (χ1v) is 8.29. The molecule has 1 heterocycles. The van der Waals surface area contributed by atoms with E-state index in [9.17, 15) is 9.90 Å². The van der Waals surface area contributed by atoms with E-state index in [1.807, 2.05) is 20.8 Å². The van der Waals surface area contributed by atoms with Gasteiger partial charge in [-0.15, -0.1) is 0 Å². The van der Waals surface area contributed by atoms with E-state index in [4.69, 9.17) is 9.84 Å². The molecule has 24 heavy (non-hydrogen) atoms. The molecule has 2 rings (SSSR count). The Morgan fingerprint density at radius 1 is 1.29 bits per heavy atom. The Bertz CT molecular complexity index is 645. The van der Waals surface area contributed by atoms with Crippen LogP contribution < -0.4 is 10.1 Å². The number of carbonyl (C=O) groups is 1. The summed E-state index contributed by atoms with van der Waals surface area (Å²) in [6.45, 7) is 8.44. The largest absolute Gasteiger partial charge is 0.507 e.